The fraction of sp³-hybridized carbons (Fsp3) is 0.438. The maximum atomic E-state index is 11.0. The molecule has 1 fully saturated rings. The normalized spacial score (nSPS) is 22.5. The van der Waals surface area contributed by atoms with E-state index < -0.39 is 0 Å². The van der Waals surface area contributed by atoms with Gasteiger partial charge in [0.05, 0.1) is 18.5 Å². The van der Waals surface area contributed by atoms with Gasteiger partial charge < -0.3 is 5.73 Å². The van der Waals surface area contributed by atoms with E-state index in [-0.39, 0.29) is 12.2 Å². The molecule has 2 aliphatic heterocycles. The van der Waals surface area contributed by atoms with Crippen molar-refractivity contribution in [2.75, 3.05) is 32.7 Å². The maximum absolute atomic E-state index is 11.0. The smallest absolute Gasteiger partial charge is 0.231 e. The number of carbonyl (C=O) groups excluding carboxylic acids is 1. The number of aryl methyl sites for hydroxylation is 1. The van der Waals surface area contributed by atoms with Crippen molar-refractivity contribution in [1.82, 2.24) is 15.2 Å². The van der Waals surface area contributed by atoms with Crippen LogP contribution in [0.2, 0.25) is 0 Å². The van der Waals surface area contributed by atoms with Gasteiger partial charge in [-0.3, -0.25) is 20.0 Å². The largest absolute Gasteiger partial charge is 0.369 e. The van der Waals surface area contributed by atoms with Gasteiger partial charge in [-0.05, 0) is 6.92 Å². The molecule has 1 unspecified atom stereocenters. The number of aliphatic imine (C=N–C) groups is 1. The molecular formula is C16H22N6O. The topological polar surface area (TPSA) is 86.3 Å². The van der Waals surface area contributed by atoms with Crippen molar-refractivity contribution in [1.29, 1.82) is 0 Å². The minimum Gasteiger partial charge on any atom is -0.369 e. The lowest BCUT2D eigenvalue weighted by molar-refractivity contribution is -0.119. The van der Waals surface area contributed by atoms with Crippen LogP contribution in [0.4, 0.5) is 0 Å². The van der Waals surface area contributed by atoms with Crippen LogP contribution in [0.5, 0.6) is 0 Å². The van der Waals surface area contributed by atoms with E-state index in [1.165, 1.54) is 5.56 Å². The standard InChI is InChI=1S/C16H22N6O/c1-12-2-4-13(5-3-12)14-10-18-20-16(19-14)22-8-6-21(7-9-22)11-15(17)23/h2-5,10,16,20H,6-9,11H2,1H3,(H2,17,23). The summed E-state index contributed by atoms with van der Waals surface area (Å²) < 4.78 is 0. The molecule has 1 saturated heterocycles. The van der Waals surface area contributed by atoms with E-state index in [0.717, 1.165) is 37.5 Å². The van der Waals surface area contributed by atoms with Gasteiger partial charge in [0.25, 0.3) is 0 Å². The van der Waals surface area contributed by atoms with Crippen molar-refractivity contribution >= 4 is 17.8 Å². The molecule has 0 radical (unpaired) electrons. The van der Waals surface area contributed by atoms with Crippen molar-refractivity contribution in [3.63, 3.8) is 0 Å². The molecule has 0 bridgehead atoms. The second-order valence-electron chi connectivity index (χ2n) is 5.92. The number of nitrogens with zero attached hydrogens (tertiary/aromatic N) is 4. The Hall–Kier alpha value is -2.25. The first kappa shape index (κ1) is 15.6. The van der Waals surface area contributed by atoms with Gasteiger partial charge in [-0.15, -0.1) is 0 Å². The number of hydrogen-bond acceptors (Lipinski definition) is 6. The average molecular weight is 314 g/mol. The first-order valence-corrected chi connectivity index (χ1v) is 7.80. The summed E-state index contributed by atoms with van der Waals surface area (Å²) in [6.45, 7) is 5.65. The number of benzene rings is 1. The SMILES string of the molecule is Cc1ccc(C2=NC(N3CCN(CC(N)=O)CC3)NN=C2)cc1. The summed E-state index contributed by atoms with van der Waals surface area (Å²) in [5.41, 5.74) is 11.5. The van der Waals surface area contributed by atoms with Crippen molar-refractivity contribution in [3.05, 3.63) is 35.4 Å². The number of hydrazone groups is 1. The van der Waals surface area contributed by atoms with Gasteiger partial charge in [0, 0.05) is 31.7 Å². The molecule has 0 aromatic heterocycles. The van der Waals surface area contributed by atoms with E-state index in [1.54, 1.807) is 6.21 Å². The summed E-state index contributed by atoms with van der Waals surface area (Å²) >= 11 is 0. The van der Waals surface area contributed by atoms with Crippen LogP contribution in [0.15, 0.2) is 34.4 Å². The van der Waals surface area contributed by atoms with E-state index in [9.17, 15) is 4.79 Å². The summed E-state index contributed by atoms with van der Waals surface area (Å²) in [4.78, 5) is 20.0. The molecule has 0 aliphatic carbocycles. The summed E-state index contributed by atoms with van der Waals surface area (Å²) in [7, 11) is 0. The van der Waals surface area contributed by atoms with Crippen LogP contribution >= 0.6 is 0 Å². The van der Waals surface area contributed by atoms with Crippen molar-refractivity contribution in [2.24, 2.45) is 15.8 Å². The molecule has 0 spiro atoms. The van der Waals surface area contributed by atoms with E-state index in [0.29, 0.717) is 6.54 Å². The molecule has 1 aromatic rings. The second kappa shape index (κ2) is 6.89. The molecule has 122 valence electrons. The Morgan fingerprint density at radius 1 is 1.26 bits per heavy atom. The fourth-order valence-corrected chi connectivity index (χ4v) is 2.78. The van der Waals surface area contributed by atoms with Crippen LogP contribution in [0.1, 0.15) is 11.1 Å². The number of piperazine rings is 1. The zero-order valence-electron chi connectivity index (χ0n) is 13.3. The number of rotatable bonds is 4. The predicted octanol–water partition coefficient (Wildman–Crippen LogP) is -0.240. The molecule has 7 heteroatoms. The number of nitrogens with two attached hydrogens (primary N) is 1. The Labute approximate surface area is 135 Å². The summed E-state index contributed by atoms with van der Waals surface area (Å²) in [5.74, 6) is -0.279. The number of carbonyl (C=O) groups is 1. The van der Waals surface area contributed by atoms with Gasteiger partial charge in [-0.1, -0.05) is 29.8 Å². The third-order valence-electron chi connectivity index (χ3n) is 4.12. The van der Waals surface area contributed by atoms with Gasteiger partial charge in [-0.2, -0.15) is 5.10 Å². The first-order chi connectivity index (χ1) is 11.1. The van der Waals surface area contributed by atoms with Crippen LogP contribution < -0.4 is 11.2 Å². The lowest BCUT2D eigenvalue weighted by Crippen LogP contribution is -2.55. The van der Waals surface area contributed by atoms with Crippen LogP contribution in [0, 0.1) is 6.92 Å². The molecule has 2 heterocycles. The Bertz CT molecular complexity index is 616. The number of primary amides is 1. The van der Waals surface area contributed by atoms with Crippen LogP contribution in [0.25, 0.3) is 0 Å². The minimum absolute atomic E-state index is 0.160. The Balaban J connectivity index is 1.64. The highest BCUT2D eigenvalue weighted by Crippen LogP contribution is 2.11. The highest BCUT2D eigenvalue weighted by molar-refractivity contribution is 6.38. The fourth-order valence-electron chi connectivity index (χ4n) is 2.78. The third-order valence-corrected chi connectivity index (χ3v) is 4.12. The van der Waals surface area contributed by atoms with Crippen LogP contribution in [-0.2, 0) is 4.79 Å². The minimum atomic E-state index is -0.279. The second-order valence-corrected chi connectivity index (χ2v) is 5.92. The zero-order chi connectivity index (χ0) is 16.2. The van der Waals surface area contributed by atoms with Crippen molar-refractivity contribution in [2.45, 2.75) is 13.2 Å². The highest BCUT2D eigenvalue weighted by Gasteiger charge is 2.25. The molecule has 1 atom stereocenters. The first-order valence-electron chi connectivity index (χ1n) is 7.80. The van der Waals surface area contributed by atoms with Gasteiger partial charge in [0.15, 0.2) is 6.29 Å². The molecule has 3 rings (SSSR count). The molecule has 7 nitrogen and oxygen atoms in total. The maximum Gasteiger partial charge on any atom is 0.231 e. The van der Waals surface area contributed by atoms with Gasteiger partial charge >= 0.3 is 0 Å². The summed E-state index contributed by atoms with van der Waals surface area (Å²) in [5, 5.41) is 4.25. The molecule has 2 aliphatic rings. The lowest BCUT2D eigenvalue weighted by atomic mass is 10.1. The molecule has 0 saturated carbocycles. The molecule has 1 amide bonds. The van der Waals surface area contributed by atoms with E-state index in [4.69, 9.17) is 10.7 Å². The third kappa shape index (κ3) is 3.94. The molecule has 23 heavy (non-hydrogen) atoms. The van der Waals surface area contributed by atoms with Crippen LogP contribution in [0.3, 0.4) is 0 Å². The Morgan fingerprint density at radius 3 is 2.61 bits per heavy atom. The quantitative estimate of drug-likeness (QED) is 0.803. The van der Waals surface area contributed by atoms with E-state index >= 15 is 0 Å². The average Bonchev–Trinajstić information content (AvgIpc) is 2.56. The zero-order valence-corrected chi connectivity index (χ0v) is 13.3. The summed E-state index contributed by atoms with van der Waals surface area (Å²) in [6, 6.07) is 8.28. The van der Waals surface area contributed by atoms with Crippen molar-refractivity contribution in [3.8, 4) is 0 Å². The number of nitrogens with one attached hydrogen (secondary N) is 1. The van der Waals surface area contributed by atoms with Gasteiger partial charge in [-0.25, -0.2) is 4.99 Å². The van der Waals surface area contributed by atoms with Gasteiger partial charge in [0.2, 0.25) is 5.91 Å². The molecule has 3 N–H and O–H groups in total. The Kier molecular flexibility index (Phi) is 4.68. The number of amides is 1. The van der Waals surface area contributed by atoms with Crippen LogP contribution in [-0.4, -0.2) is 66.6 Å². The number of hydrogen-bond donors (Lipinski definition) is 2. The summed E-state index contributed by atoms with van der Waals surface area (Å²) in [6.07, 6.45) is 1.59. The monoisotopic (exact) mass is 314 g/mol. The lowest BCUT2D eigenvalue weighted by Gasteiger charge is -2.37. The van der Waals surface area contributed by atoms with E-state index in [2.05, 4.69) is 51.5 Å². The predicted molar refractivity (Wildman–Crippen MR) is 90.3 cm³/mol. The molecular weight excluding hydrogens is 292 g/mol. The van der Waals surface area contributed by atoms with Crippen molar-refractivity contribution < 1.29 is 4.79 Å². The van der Waals surface area contributed by atoms with E-state index in [1.807, 2.05) is 0 Å². The highest BCUT2D eigenvalue weighted by atomic mass is 16.1. The van der Waals surface area contributed by atoms with Gasteiger partial charge in [0.1, 0.15) is 0 Å². The molecule has 1 aromatic carbocycles. The Morgan fingerprint density at radius 2 is 1.96 bits per heavy atom.